The molecule has 6 nitrogen and oxygen atoms in total. The molecule has 0 saturated heterocycles. The molecule has 0 fully saturated rings. The zero-order valence-corrected chi connectivity index (χ0v) is 16.5. The number of hydrogen-bond acceptors (Lipinski definition) is 3. The molecule has 0 unspecified atom stereocenters. The average Bonchev–Trinajstić information content (AvgIpc) is 2.95. The monoisotopic (exact) mass is 376 g/mol. The number of rotatable bonds is 5. The molecular formula is C22H24N4O2. The predicted octanol–water partition coefficient (Wildman–Crippen LogP) is 3.47. The summed E-state index contributed by atoms with van der Waals surface area (Å²) in [4.78, 5) is 24.5. The van der Waals surface area contributed by atoms with Crippen molar-refractivity contribution in [2.75, 3.05) is 11.9 Å². The van der Waals surface area contributed by atoms with Crippen LogP contribution in [0.25, 0.3) is 5.69 Å². The molecule has 0 aliphatic rings. The number of nitrogens with zero attached hydrogens (tertiary/aromatic N) is 2. The highest BCUT2D eigenvalue weighted by Gasteiger charge is 2.16. The second-order valence-electron chi connectivity index (χ2n) is 6.89. The Morgan fingerprint density at radius 2 is 1.46 bits per heavy atom. The molecule has 0 atom stereocenters. The Hall–Kier alpha value is -3.41. The van der Waals surface area contributed by atoms with E-state index < -0.39 is 0 Å². The number of benzene rings is 2. The van der Waals surface area contributed by atoms with Crippen LogP contribution in [0.1, 0.15) is 32.9 Å². The fraction of sp³-hybridized carbons (Fsp3) is 0.227. The number of amides is 2. The summed E-state index contributed by atoms with van der Waals surface area (Å²) in [6.45, 7) is 7.62. The number of nitrogens with one attached hydrogen (secondary N) is 2. The van der Waals surface area contributed by atoms with Crippen LogP contribution >= 0.6 is 0 Å². The van der Waals surface area contributed by atoms with Gasteiger partial charge in [0.15, 0.2) is 0 Å². The number of anilines is 1. The van der Waals surface area contributed by atoms with Crippen LogP contribution in [0.15, 0.2) is 48.5 Å². The number of carbonyl (C=O) groups is 2. The molecule has 2 amide bonds. The smallest absolute Gasteiger partial charge is 0.251 e. The third kappa shape index (κ3) is 4.28. The molecule has 2 N–H and O–H groups in total. The van der Waals surface area contributed by atoms with Crippen LogP contribution in [0, 0.1) is 27.7 Å². The number of aromatic nitrogens is 2. The van der Waals surface area contributed by atoms with Crippen molar-refractivity contribution in [3.8, 4) is 5.69 Å². The lowest BCUT2D eigenvalue weighted by atomic mass is 10.1. The molecule has 2 aromatic carbocycles. The molecule has 3 rings (SSSR count). The zero-order chi connectivity index (χ0) is 20.3. The summed E-state index contributed by atoms with van der Waals surface area (Å²) in [6, 6.07) is 15.2. The van der Waals surface area contributed by atoms with Crippen LogP contribution in [0.4, 0.5) is 5.69 Å². The summed E-state index contributed by atoms with van der Waals surface area (Å²) >= 11 is 0. The largest absolute Gasteiger partial charge is 0.343 e. The molecule has 0 radical (unpaired) electrons. The first-order chi connectivity index (χ1) is 13.3. The van der Waals surface area contributed by atoms with Gasteiger partial charge in [-0.05, 0) is 52.0 Å². The van der Waals surface area contributed by atoms with E-state index >= 15 is 0 Å². The van der Waals surface area contributed by atoms with Crippen molar-refractivity contribution in [1.29, 1.82) is 0 Å². The van der Waals surface area contributed by atoms with E-state index in [1.165, 1.54) is 5.56 Å². The van der Waals surface area contributed by atoms with Crippen molar-refractivity contribution in [3.05, 3.63) is 76.6 Å². The van der Waals surface area contributed by atoms with Gasteiger partial charge < -0.3 is 10.6 Å². The first-order valence-corrected chi connectivity index (χ1v) is 9.13. The molecule has 3 aromatic rings. The molecule has 1 aromatic heterocycles. The van der Waals surface area contributed by atoms with Gasteiger partial charge in [-0.1, -0.05) is 35.4 Å². The Morgan fingerprint density at radius 1 is 0.893 bits per heavy atom. The topological polar surface area (TPSA) is 76.0 Å². The molecular weight excluding hydrogens is 352 g/mol. The minimum Gasteiger partial charge on any atom is -0.343 e. The summed E-state index contributed by atoms with van der Waals surface area (Å²) in [5, 5.41) is 10.0. The summed E-state index contributed by atoms with van der Waals surface area (Å²) < 4.78 is 1.80. The Balaban J connectivity index is 1.66. The molecule has 0 aliphatic heterocycles. The quantitative estimate of drug-likeness (QED) is 0.716. The molecule has 1 heterocycles. The van der Waals surface area contributed by atoms with E-state index in [2.05, 4.69) is 15.7 Å². The maximum Gasteiger partial charge on any atom is 0.251 e. The highest BCUT2D eigenvalue weighted by atomic mass is 16.2. The van der Waals surface area contributed by atoms with E-state index in [9.17, 15) is 9.59 Å². The van der Waals surface area contributed by atoms with Gasteiger partial charge in [-0.3, -0.25) is 9.59 Å². The molecule has 0 spiro atoms. The maximum absolute atomic E-state index is 12.3. The number of hydrogen-bond donors (Lipinski definition) is 2. The molecule has 144 valence electrons. The van der Waals surface area contributed by atoms with E-state index in [0.29, 0.717) is 11.3 Å². The fourth-order valence-electron chi connectivity index (χ4n) is 2.91. The third-order valence-corrected chi connectivity index (χ3v) is 4.56. The number of carbonyl (C=O) groups excluding carboxylic acids is 2. The van der Waals surface area contributed by atoms with Crippen LogP contribution in [0.5, 0.6) is 0 Å². The Morgan fingerprint density at radius 3 is 2.07 bits per heavy atom. The number of aryl methyl sites for hydroxylation is 3. The van der Waals surface area contributed by atoms with Crippen molar-refractivity contribution < 1.29 is 9.59 Å². The first kappa shape index (κ1) is 19.4. The van der Waals surface area contributed by atoms with Gasteiger partial charge >= 0.3 is 0 Å². The molecule has 0 bridgehead atoms. The summed E-state index contributed by atoms with van der Waals surface area (Å²) in [6.07, 6.45) is 0. The van der Waals surface area contributed by atoms with Gasteiger partial charge in [-0.15, -0.1) is 0 Å². The Kier molecular flexibility index (Phi) is 5.59. The van der Waals surface area contributed by atoms with Gasteiger partial charge in [-0.25, -0.2) is 4.68 Å². The van der Waals surface area contributed by atoms with Gasteiger partial charge in [0, 0.05) is 5.56 Å². The lowest BCUT2D eigenvalue weighted by Gasteiger charge is -2.09. The van der Waals surface area contributed by atoms with Gasteiger partial charge in [0.05, 0.1) is 29.3 Å². The highest BCUT2D eigenvalue weighted by molar-refractivity contribution is 5.99. The Bertz CT molecular complexity index is 1000. The fourth-order valence-corrected chi connectivity index (χ4v) is 2.91. The minimum atomic E-state index is -0.296. The summed E-state index contributed by atoms with van der Waals surface area (Å²) in [7, 11) is 0. The van der Waals surface area contributed by atoms with Crippen LogP contribution < -0.4 is 10.6 Å². The van der Waals surface area contributed by atoms with Gasteiger partial charge in [-0.2, -0.15) is 5.10 Å². The second-order valence-corrected chi connectivity index (χ2v) is 6.89. The van der Waals surface area contributed by atoms with E-state index in [1.54, 1.807) is 16.8 Å². The predicted molar refractivity (Wildman–Crippen MR) is 110 cm³/mol. The van der Waals surface area contributed by atoms with Gasteiger partial charge in [0.25, 0.3) is 5.91 Å². The van der Waals surface area contributed by atoms with Crippen molar-refractivity contribution >= 4 is 17.5 Å². The van der Waals surface area contributed by atoms with Crippen LogP contribution in [0.3, 0.4) is 0 Å². The summed E-state index contributed by atoms with van der Waals surface area (Å²) in [5.41, 5.74) is 5.91. The molecule has 0 aliphatic carbocycles. The summed E-state index contributed by atoms with van der Waals surface area (Å²) in [5.74, 6) is -0.575. The zero-order valence-electron chi connectivity index (χ0n) is 16.5. The van der Waals surface area contributed by atoms with E-state index in [1.807, 2.05) is 64.1 Å². The standard InChI is InChI=1S/C22H24N4O2/c1-14-5-9-18(10-6-14)22(28)23-13-20(27)24-21-16(3)25-26(17(21)4)19-11-7-15(2)8-12-19/h5-12H,13H2,1-4H3,(H,23,28)(H,24,27). The van der Waals surface area contributed by atoms with Crippen molar-refractivity contribution in [1.82, 2.24) is 15.1 Å². The van der Waals surface area contributed by atoms with Crippen molar-refractivity contribution in [2.45, 2.75) is 27.7 Å². The lowest BCUT2D eigenvalue weighted by molar-refractivity contribution is -0.115. The third-order valence-electron chi connectivity index (χ3n) is 4.56. The maximum atomic E-state index is 12.3. The van der Waals surface area contributed by atoms with E-state index in [0.717, 1.165) is 22.6 Å². The van der Waals surface area contributed by atoms with Crippen molar-refractivity contribution in [3.63, 3.8) is 0 Å². The van der Waals surface area contributed by atoms with E-state index in [4.69, 9.17) is 0 Å². The normalized spacial score (nSPS) is 10.6. The van der Waals surface area contributed by atoms with E-state index in [-0.39, 0.29) is 18.4 Å². The molecule has 0 saturated carbocycles. The van der Waals surface area contributed by atoms with Crippen LogP contribution in [-0.4, -0.2) is 28.1 Å². The highest BCUT2D eigenvalue weighted by Crippen LogP contribution is 2.22. The van der Waals surface area contributed by atoms with Crippen molar-refractivity contribution in [2.24, 2.45) is 0 Å². The minimum absolute atomic E-state index is 0.110. The average molecular weight is 376 g/mol. The Labute approximate surface area is 164 Å². The van der Waals surface area contributed by atoms with Gasteiger partial charge in [0.2, 0.25) is 5.91 Å². The second kappa shape index (κ2) is 8.08. The molecule has 28 heavy (non-hydrogen) atoms. The SMILES string of the molecule is Cc1ccc(C(=O)NCC(=O)Nc2c(C)nn(-c3ccc(C)cc3)c2C)cc1. The van der Waals surface area contributed by atoms with Crippen LogP contribution in [0.2, 0.25) is 0 Å². The first-order valence-electron chi connectivity index (χ1n) is 9.13. The van der Waals surface area contributed by atoms with Crippen LogP contribution in [-0.2, 0) is 4.79 Å². The lowest BCUT2D eigenvalue weighted by Crippen LogP contribution is -2.33. The molecule has 6 heteroatoms. The van der Waals surface area contributed by atoms with Gasteiger partial charge in [0.1, 0.15) is 0 Å².